The van der Waals surface area contributed by atoms with Crippen LogP contribution in [0.3, 0.4) is 0 Å². The van der Waals surface area contributed by atoms with Crippen molar-refractivity contribution in [1.29, 1.82) is 0 Å². The van der Waals surface area contributed by atoms with Crippen LogP contribution < -0.4 is 5.32 Å². The second-order valence-corrected chi connectivity index (χ2v) is 6.75. The number of H-pyrrole nitrogens is 1. The van der Waals surface area contributed by atoms with Gasteiger partial charge in [-0.1, -0.05) is 18.2 Å². The second-order valence-electron chi connectivity index (χ2n) is 6.75. The first-order valence-electron chi connectivity index (χ1n) is 9.14. The number of carbonyl (C=O) groups excluding carboxylic acids is 1. The third-order valence-electron chi connectivity index (χ3n) is 5.16. The molecule has 1 aliphatic rings. The van der Waals surface area contributed by atoms with Gasteiger partial charge in [-0.25, -0.2) is 0 Å². The largest absolute Gasteiger partial charge is 0.350 e. The molecule has 2 aromatic heterocycles. The molecule has 0 fully saturated rings. The molecule has 2 heterocycles. The molecular formula is C20H24N4O. The van der Waals surface area contributed by atoms with E-state index in [1.807, 2.05) is 12.1 Å². The third kappa shape index (κ3) is 3.06. The van der Waals surface area contributed by atoms with Crippen molar-refractivity contribution in [1.82, 2.24) is 20.1 Å². The van der Waals surface area contributed by atoms with E-state index in [1.54, 1.807) is 0 Å². The van der Waals surface area contributed by atoms with Crippen molar-refractivity contribution >= 4 is 16.8 Å². The molecule has 0 spiro atoms. The summed E-state index contributed by atoms with van der Waals surface area (Å²) in [4.78, 5) is 12.5. The molecule has 0 radical (unpaired) electrons. The van der Waals surface area contributed by atoms with E-state index >= 15 is 0 Å². The standard InChI is InChI=1S/C20H24N4O/c1-2-24-13-14(15-7-4-6-10-19(15)24)11-20(25)21-12-18-16-8-3-5-9-17(16)22-23-18/h4,6-7,10,13H,2-3,5,8-9,11-12H2,1H3,(H,21,25)(H,22,23). The zero-order chi connectivity index (χ0) is 17.2. The molecule has 130 valence electrons. The summed E-state index contributed by atoms with van der Waals surface area (Å²) in [5, 5.41) is 11.7. The molecule has 1 amide bonds. The van der Waals surface area contributed by atoms with Crippen molar-refractivity contribution in [3.05, 3.63) is 53.0 Å². The van der Waals surface area contributed by atoms with E-state index in [1.165, 1.54) is 29.6 Å². The van der Waals surface area contributed by atoms with Gasteiger partial charge >= 0.3 is 0 Å². The fourth-order valence-corrected chi connectivity index (χ4v) is 3.84. The van der Waals surface area contributed by atoms with E-state index in [0.717, 1.165) is 36.0 Å². The number of nitrogens with one attached hydrogen (secondary N) is 2. The fourth-order valence-electron chi connectivity index (χ4n) is 3.84. The molecule has 1 aromatic carbocycles. The quantitative estimate of drug-likeness (QED) is 0.752. The van der Waals surface area contributed by atoms with Crippen LogP contribution in [0.5, 0.6) is 0 Å². The van der Waals surface area contributed by atoms with E-state index in [-0.39, 0.29) is 5.91 Å². The van der Waals surface area contributed by atoms with Crippen LogP contribution in [0.1, 0.15) is 42.3 Å². The highest BCUT2D eigenvalue weighted by Gasteiger charge is 2.17. The summed E-state index contributed by atoms with van der Waals surface area (Å²) in [6.45, 7) is 3.54. The first-order valence-corrected chi connectivity index (χ1v) is 9.14. The predicted octanol–water partition coefficient (Wildman–Crippen LogP) is 3.12. The number of aromatic nitrogens is 3. The Labute approximate surface area is 147 Å². The number of carbonyl (C=O) groups is 1. The number of amides is 1. The Balaban J connectivity index is 1.45. The number of benzene rings is 1. The maximum Gasteiger partial charge on any atom is 0.224 e. The van der Waals surface area contributed by atoms with Crippen LogP contribution in [0, 0.1) is 0 Å². The minimum Gasteiger partial charge on any atom is -0.350 e. The van der Waals surface area contributed by atoms with Crippen LogP contribution in [-0.4, -0.2) is 20.7 Å². The van der Waals surface area contributed by atoms with E-state index in [0.29, 0.717) is 13.0 Å². The minimum atomic E-state index is 0.0477. The average Bonchev–Trinajstić information content (AvgIpc) is 3.22. The van der Waals surface area contributed by atoms with Crippen molar-refractivity contribution in [2.75, 3.05) is 0 Å². The summed E-state index contributed by atoms with van der Waals surface area (Å²) in [6, 6.07) is 8.27. The lowest BCUT2D eigenvalue weighted by Crippen LogP contribution is -2.25. The number of aromatic amines is 1. The molecule has 5 nitrogen and oxygen atoms in total. The Kier molecular flexibility index (Phi) is 4.30. The highest BCUT2D eigenvalue weighted by atomic mass is 16.1. The SMILES string of the molecule is CCn1cc(CC(=O)NCc2n[nH]c3c2CCCC3)c2ccccc21. The number of hydrogen-bond donors (Lipinski definition) is 2. The topological polar surface area (TPSA) is 62.7 Å². The number of aryl methyl sites for hydroxylation is 2. The van der Waals surface area contributed by atoms with Crippen molar-refractivity contribution in [3.63, 3.8) is 0 Å². The lowest BCUT2D eigenvalue weighted by Gasteiger charge is -2.11. The fraction of sp³-hybridized carbons (Fsp3) is 0.400. The van der Waals surface area contributed by atoms with Crippen LogP contribution in [-0.2, 0) is 37.1 Å². The first-order chi connectivity index (χ1) is 12.3. The van der Waals surface area contributed by atoms with Crippen molar-refractivity contribution in [2.45, 2.75) is 52.1 Å². The summed E-state index contributed by atoms with van der Waals surface area (Å²) in [5.41, 5.74) is 5.84. The second kappa shape index (κ2) is 6.75. The number of nitrogens with zero attached hydrogens (tertiary/aromatic N) is 2. The van der Waals surface area contributed by atoms with Crippen molar-refractivity contribution in [2.24, 2.45) is 0 Å². The zero-order valence-electron chi connectivity index (χ0n) is 14.6. The monoisotopic (exact) mass is 336 g/mol. The number of para-hydroxylation sites is 1. The van der Waals surface area contributed by atoms with Gasteiger partial charge in [-0.05, 0) is 49.8 Å². The number of rotatable bonds is 5. The lowest BCUT2D eigenvalue weighted by atomic mass is 9.96. The molecule has 0 aliphatic heterocycles. The molecule has 0 saturated carbocycles. The van der Waals surface area contributed by atoms with Crippen molar-refractivity contribution < 1.29 is 4.79 Å². The maximum atomic E-state index is 12.5. The maximum absolute atomic E-state index is 12.5. The van der Waals surface area contributed by atoms with Gasteiger partial charge in [0.25, 0.3) is 0 Å². The predicted molar refractivity (Wildman–Crippen MR) is 98.4 cm³/mol. The zero-order valence-corrected chi connectivity index (χ0v) is 14.6. The normalized spacial score (nSPS) is 13.8. The molecule has 0 bridgehead atoms. The third-order valence-corrected chi connectivity index (χ3v) is 5.16. The van der Waals surface area contributed by atoms with E-state index < -0.39 is 0 Å². The summed E-state index contributed by atoms with van der Waals surface area (Å²) in [7, 11) is 0. The van der Waals surface area contributed by atoms with Gasteiger partial charge < -0.3 is 9.88 Å². The van der Waals surface area contributed by atoms with E-state index in [4.69, 9.17) is 0 Å². The Bertz CT molecular complexity index is 906. The smallest absolute Gasteiger partial charge is 0.224 e. The highest BCUT2D eigenvalue weighted by molar-refractivity contribution is 5.89. The van der Waals surface area contributed by atoms with Gasteiger partial charge in [0.1, 0.15) is 0 Å². The number of fused-ring (bicyclic) bond motifs is 2. The van der Waals surface area contributed by atoms with Crippen LogP contribution in [0.4, 0.5) is 0 Å². The highest BCUT2D eigenvalue weighted by Crippen LogP contribution is 2.23. The summed E-state index contributed by atoms with van der Waals surface area (Å²) in [6.07, 6.45) is 7.08. The summed E-state index contributed by atoms with van der Waals surface area (Å²) >= 11 is 0. The molecule has 0 unspecified atom stereocenters. The van der Waals surface area contributed by atoms with Gasteiger partial charge in [-0.15, -0.1) is 0 Å². The van der Waals surface area contributed by atoms with E-state index in [2.05, 4.69) is 45.3 Å². The Morgan fingerprint density at radius 2 is 2.12 bits per heavy atom. The molecule has 5 heteroatoms. The molecule has 1 aliphatic carbocycles. The Morgan fingerprint density at radius 3 is 3.00 bits per heavy atom. The number of hydrogen-bond acceptors (Lipinski definition) is 2. The molecule has 3 aromatic rings. The molecule has 4 rings (SSSR count). The van der Waals surface area contributed by atoms with Crippen molar-refractivity contribution in [3.8, 4) is 0 Å². The van der Waals surface area contributed by atoms with Crippen LogP contribution in [0.25, 0.3) is 10.9 Å². The minimum absolute atomic E-state index is 0.0477. The van der Waals surface area contributed by atoms with Crippen LogP contribution >= 0.6 is 0 Å². The van der Waals surface area contributed by atoms with Gasteiger partial charge in [0.2, 0.25) is 5.91 Å². The van der Waals surface area contributed by atoms with Gasteiger partial charge in [-0.2, -0.15) is 5.10 Å². The molecule has 0 saturated heterocycles. The Hall–Kier alpha value is -2.56. The molecular weight excluding hydrogens is 312 g/mol. The molecule has 2 N–H and O–H groups in total. The van der Waals surface area contributed by atoms with Crippen LogP contribution in [0.2, 0.25) is 0 Å². The van der Waals surface area contributed by atoms with Gasteiger partial charge in [0.05, 0.1) is 18.7 Å². The molecule has 0 atom stereocenters. The summed E-state index contributed by atoms with van der Waals surface area (Å²) < 4.78 is 2.20. The first kappa shape index (κ1) is 15.9. The average molecular weight is 336 g/mol. The van der Waals surface area contributed by atoms with Crippen LogP contribution in [0.15, 0.2) is 30.5 Å². The van der Waals surface area contributed by atoms with Gasteiger partial charge in [0, 0.05) is 29.3 Å². The lowest BCUT2D eigenvalue weighted by molar-refractivity contribution is -0.120. The van der Waals surface area contributed by atoms with E-state index in [9.17, 15) is 4.79 Å². The molecule has 25 heavy (non-hydrogen) atoms. The Morgan fingerprint density at radius 1 is 1.28 bits per heavy atom. The van der Waals surface area contributed by atoms with Gasteiger partial charge in [-0.3, -0.25) is 9.89 Å². The van der Waals surface area contributed by atoms with Gasteiger partial charge in [0.15, 0.2) is 0 Å². The summed E-state index contributed by atoms with van der Waals surface area (Å²) in [5.74, 6) is 0.0477.